The van der Waals surface area contributed by atoms with E-state index in [2.05, 4.69) is 10.3 Å². The van der Waals surface area contributed by atoms with Gasteiger partial charge in [0, 0.05) is 20.2 Å². The third-order valence-electron chi connectivity index (χ3n) is 1.96. The Balaban J connectivity index is 1.89. The second-order valence-corrected chi connectivity index (χ2v) is 3.36. The van der Waals surface area contributed by atoms with Gasteiger partial charge in [-0.2, -0.15) is 5.10 Å². The van der Waals surface area contributed by atoms with E-state index < -0.39 is 0 Å². The van der Waals surface area contributed by atoms with Crippen molar-refractivity contribution in [3.8, 4) is 5.75 Å². The van der Waals surface area contributed by atoms with E-state index in [1.807, 2.05) is 7.05 Å². The second kappa shape index (κ2) is 4.80. The topological polar surface area (TPSA) is 62.3 Å². The van der Waals surface area contributed by atoms with Crippen molar-refractivity contribution in [1.29, 1.82) is 0 Å². The van der Waals surface area contributed by atoms with Gasteiger partial charge in [-0.15, -0.1) is 0 Å². The van der Waals surface area contributed by atoms with Crippen LogP contribution < -0.4 is 4.74 Å². The molecule has 2 aromatic heterocycles. The van der Waals surface area contributed by atoms with Gasteiger partial charge in [0.05, 0.1) is 12.4 Å². The van der Waals surface area contributed by atoms with Gasteiger partial charge in [0.15, 0.2) is 11.5 Å². The maximum Gasteiger partial charge on any atom is 0.162 e. The molecule has 2 heterocycles. The zero-order valence-electron chi connectivity index (χ0n) is 9.21. The first-order chi connectivity index (χ1) is 7.78. The molecular formula is C10H13N3O3. The molecule has 0 spiro atoms. The summed E-state index contributed by atoms with van der Waals surface area (Å²) >= 11 is 0. The van der Waals surface area contributed by atoms with E-state index >= 15 is 0 Å². The molecular weight excluding hydrogens is 210 g/mol. The number of aryl methyl sites for hydroxylation is 1. The molecule has 0 radical (unpaired) electrons. The monoisotopic (exact) mass is 223 g/mol. The fourth-order valence-corrected chi connectivity index (χ4v) is 1.26. The Bertz CT molecular complexity index is 450. The maximum atomic E-state index is 5.46. The van der Waals surface area contributed by atoms with Crippen molar-refractivity contribution in [1.82, 2.24) is 14.9 Å². The van der Waals surface area contributed by atoms with E-state index in [0.29, 0.717) is 24.7 Å². The first-order valence-corrected chi connectivity index (χ1v) is 4.83. The lowest BCUT2D eigenvalue weighted by Gasteiger charge is -1.97. The third kappa shape index (κ3) is 2.60. The highest BCUT2D eigenvalue weighted by Gasteiger charge is 2.05. The molecule has 6 nitrogen and oxygen atoms in total. The van der Waals surface area contributed by atoms with Crippen LogP contribution in [0, 0.1) is 0 Å². The highest BCUT2D eigenvalue weighted by molar-refractivity contribution is 5.12. The number of methoxy groups -OCH3 is 1. The van der Waals surface area contributed by atoms with Gasteiger partial charge in [-0.25, -0.2) is 0 Å². The van der Waals surface area contributed by atoms with Gasteiger partial charge in [0.2, 0.25) is 0 Å². The summed E-state index contributed by atoms with van der Waals surface area (Å²) in [4.78, 5) is 0. The minimum atomic E-state index is 0.360. The summed E-state index contributed by atoms with van der Waals surface area (Å²) in [5.41, 5.74) is 0.732. The Morgan fingerprint density at radius 3 is 3.00 bits per heavy atom. The van der Waals surface area contributed by atoms with Gasteiger partial charge < -0.3 is 14.0 Å². The minimum Gasteiger partial charge on any atom is -0.484 e. The van der Waals surface area contributed by atoms with Crippen molar-refractivity contribution < 1.29 is 14.0 Å². The largest absolute Gasteiger partial charge is 0.484 e. The van der Waals surface area contributed by atoms with Crippen molar-refractivity contribution in [2.75, 3.05) is 7.11 Å². The van der Waals surface area contributed by atoms with Crippen LogP contribution in [0.1, 0.15) is 11.5 Å². The Morgan fingerprint density at radius 2 is 2.31 bits per heavy atom. The molecule has 0 aromatic carbocycles. The van der Waals surface area contributed by atoms with Gasteiger partial charge in [-0.05, 0) is 0 Å². The van der Waals surface area contributed by atoms with E-state index in [0.717, 1.165) is 5.69 Å². The van der Waals surface area contributed by atoms with Crippen LogP contribution in [0.15, 0.2) is 23.0 Å². The normalized spacial score (nSPS) is 10.6. The number of hydrogen-bond donors (Lipinski definition) is 0. The van der Waals surface area contributed by atoms with Crippen molar-refractivity contribution in [3.63, 3.8) is 0 Å². The van der Waals surface area contributed by atoms with Crippen molar-refractivity contribution in [2.45, 2.75) is 13.2 Å². The van der Waals surface area contributed by atoms with Gasteiger partial charge in [-0.3, -0.25) is 4.68 Å². The molecule has 16 heavy (non-hydrogen) atoms. The summed E-state index contributed by atoms with van der Waals surface area (Å²) in [5.74, 6) is 1.39. The predicted molar refractivity (Wildman–Crippen MR) is 54.8 cm³/mol. The van der Waals surface area contributed by atoms with E-state index in [1.165, 1.54) is 0 Å². The number of ether oxygens (including phenoxy) is 2. The van der Waals surface area contributed by atoms with Crippen LogP contribution in [0.2, 0.25) is 0 Å². The van der Waals surface area contributed by atoms with Crippen LogP contribution in [0.5, 0.6) is 5.75 Å². The number of nitrogens with zero attached hydrogens (tertiary/aromatic N) is 3. The molecule has 2 aromatic rings. The van der Waals surface area contributed by atoms with Crippen LogP contribution in [0.3, 0.4) is 0 Å². The molecule has 0 aliphatic carbocycles. The molecule has 0 aliphatic heterocycles. The SMILES string of the molecule is COCc1cc(COc2cnn(C)c2)no1. The molecule has 2 rings (SSSR count). The van der Waals surface area contributed by atoms with Crippen LogP contribution >= 0.6 is 0 Å². The van der Waals surface area contributed by atoms with Crippen molar-refractivity contribution in [3.05, 3.63) is 29.9 Å². The van der Waals surface area contributed by atoms with Crippen LogP contribution in [-0.2, 0) is 25.0 Å². The standard InChI is InChI=1S/C10H13N3O3/c1-13-5-10(4-11-13)15-6-8-3-9(7-14-2)16-12-8/h3-5H,6-7H2,1-2H3. The van der Waals surface area contributed by atoms with E-state index in [9.17, 15) is 0 Å². The number of aromatic nitrogens is 3. The van der Waals surface area contributed by atoms with E-state index in [1.54, 1.807) is 30.3 Å². The summed E-state index contributed by atoms with van der Waals surface area (Å²) < 4.78 is 17.1. The summed E-state index contributed by atoms with van der Waals surface area (Å²) in [7, 11) is 3.44. The van der Waals surface area contributed by atoms with Gasteiger partial charge in [0.1, 0.15) is 18.9 Å². The van der Waals surface area contributed by atoms with Gasteiger partial charge in [-0.1, -0.05) is 5.16 Å². The molecule has 0 aliphatic rings. The molecule has 0 unspecified atom stereocenters. The number of rotatable bonds is 5. The second-order valence-electron chi connectivity index (χ2n) is 3.36. The lowest BCUT2D eigenvalue weighted by Crippen LogP contribution is -1.94. The molecule has 0 fully saturated rings. The maximum absolute atomic E-state index is 5.46. The molecule has 0 saturated heterocycles. The van der Waals surface area contributed by atoms with E-state index in [4.69, 9.17) is 14.0 Å². The van der Waals surface area contributed by atoms with Gasteiger partial charge in [0.25, 0.3) is 0 Å². The van der Waals surface area contributed by atoms with Crippen LogP contribution in [-0.4, -0.2) is 22.0 Å². The average molecular weight is 223 g/mol. The first-order valence-electron chi connectivity index (χ1n) is 4.83. The Hall–Kier alpha value is -1.82. The summed E-state index contributed by atoms with van der Waals surface area (Å²) in [6, 6.07) is 1.81. The molecule has 0 atom stereocenters. The summed E-state index contributed by atoms with van der Waals surface area (Å²) in [6.07, 6.45) is 3.44. The lowest BCUT2D eigenvalue weighted by molar-refractivity contribution is 0.155. The molecule has 0 N–H and O–H groups in total. The Labute approximate surface area is 92.7 Å². The minimum absolute atomic E-state index is 0.360. The Kier molecular flexibility index (Phi) is 3.21. The molecule has 0 saturated carbocycles. The molecule has 0 amide bonds. The van der Waals surface area contributed by atoms with Crippen LogP contribution in [0.25, 0.3) is 0 Å². The third-order valence-corrected chi connectivity index (χ3v) is 1.96. The smallest absolute Gasteiger partial charge is 0.162 e. The molecule has 6 heteroatoms. The van der Waals surface area contributed by atoms with E-state index in [-0.39, 0.29) is 0 Å². The lowest BCUT2D eigenvalue weighted by atomic mass is 10.4. The predicted octanol–water partition coefficient (Wildman–Crippen LogP) is 1.13. The summed E-state index contributed by atoms with van der Waals surface area (Å²) in [5, 5.41) is 7.84. The molecule has 0 bridgehead atoms. The fraction of sp³-hybridized carbons (Fsp3) is 0.400. The highest BCUT2D eigenvalue weighted by Crippen LogP contribution is 2.11. The quantitative estimate of drug-likeness (QED) is 0.760. The number of hydrogen-bond acceptors (Lipinski definition) is 5. The zero-order chi connectivity index (χ0) is 11.4. The fourth-order valence-electron chi connectivity index (χ4n) is 1.26. The summed E-state index contributed by atoms with van der Waals surface area (Å²) in [6.45, 7) is 0.777. The van der Waals surface area contributed by atoms with Crippen molar-refractivity contribution in [2.24, 2.45) is 7.05 Å². The Morgan fingerprint density at radius 1 is 1.44 bits per heavy atom. The first kappa shape index (κ1) is 10.7. The average Bonchev–Trinajstić information content (AvgIpc) is 2.85. The van der Waals surface area contributed by atoms with Crippen LogP contribution in [0.4, 0.5) is 0 Å². The van der Waals surface area contributed by atoms with Gasteiger partial charge >= 0.3 is 0 Å². The molecule has 86 valence electrons. The highest BCUT2D eigenvalue weighted by atomic mass is 16.5. The zero-order valence-corrected chi connectivity index (χ0v) is 9.21. The van der Waals surface area contributed by atoms with Crippen molar-refractivity contribution >= 4 is 0 Å².